The van der Waals surface area contributed by atoms with Crippen molar-refractivity contribution < 1.29 is 14.4 Å². The Bertz CT molecular complexity index is 823. The Kier molecular flexibility index (Phi) is 6.74. The average Bonchev–Trinajstić information content (AvgIpc) is 2.62. The molecule has 2 rings (SSSR count). The third-order valence-corrected chi connectivity index (χ3v) is 3.92. The number of anilines is 2. The summed E-state index contributed by atoms with van der Waals surface area (Å²) in [6.45, 7) is 3.33. The molecule has 0 aliphatic heterocycles. The normalized spacial score (nSPS) is 11.3. The number of carbonyl (C=O) groups is 3. The Morgan fingerprint density at radius 2 is 1.65 bits per heavy atom. The van der Waals surface area contributed by atoms with E-state index in [4.69, 9.17) is 11.6 Å². The summed E-state index contributed by atoms with van der Waals surface area (Å²) >= 11 is 5.99. The van der Waals surface area contributed by atoms with Gasteiger partial charge in [0.2, 0.25) is 11.8 Å². The molecule has 2 aromatic rings. The third-order valence-electron chi connectivity index (χ3n) is 3.59. The lowest BCUT2D eigenvalue weighted by Crippen LogP contribution is -2.41. The largest absolute Gasteiger partial charge is 0.340 e. The monoisotopic (exact) mass is 373 g/mol. The summed E-state index contributed by atoms with van der Waals surface area (Å²) in [5.74, 6) is -0.930. The molecule has 0 heterocycles. The maximum Gasteiger partial charge on any atom is 0.253 e. The number of amides is 3. The first-order chi connectivity index (χ1) is 12.4. The molecule has 0 aliphatic carbocycles. The van der Waals surface area contributed by atoms with Crippen molar-refractivity contribution in [2.24, 2.45) is 0 Å². The fourth-order valence-electron chi connectivity index (χ4n) is 2.16. The van der Waals surface area contributed by atoms with Crippen molar-refractivity contribution in [3.8, 4) is 0 Å². The second-order valence-corrected chi connectivity index (χ2v) is 6.05. The molecule has 136 valence electrons. The molecule has 1 atom stereocenters. The molecule has 0 radical (unpaired) electrons. The third kappa shape index (κ3) is 5.32. The van der Waals surface area contributed by atoms with Gasteiger partial charge in [-0.1, -0.05) is 36.7 Å². The molecular formula is C19H20ClN3O3. The van der Waals surface area contributed by atoms with E-state index in [0.29, 0.717) is 28.4 Å². The van der Waals surface area contributed by atoms with Gasteiger partial charge in [0.15, 0.2) is 0 Å². The molecule has 7 heteroatoms. The van der Waals surface area contributed by atoms with Gasteiger partial charge >= 0.3 is 0 Å². The molecular weight excluding hydrogens is 354 g/mol. The minimum absolute atomic E-state index is 0.117. The number of hydrogen-bond acceptors (Lipinski definition) is 3. The van der Waals surface area contributed by atoms with E-state index in [1.165, 1.54) is 0 Å². The van der Waals surface area contributed by atoms with E-state index in [0.717, 1.165) is 0 Å². The molecule has 0 saturated carbocycles. The highest BCUT2D eigenvalue weighted by atomic mass is 35.5. The number of rotatable bonds is 6. The molecule has 0 spiro atoms. The first kappa shape index (κ1) is 19.5. The molecule has 0 aromatic heterocycles. The van der Waals surface area contributed by atoms with E-state index in [2.05, 4.69) is 16.0 Å². The number of carbonyl (C=O) groups excluding carboxylic acids is 3. The van der Waals surface area contributed by atoms with E-state index in [1.807, 2.05) is 0 Å². The zero-order chi connectivity index (χ0) is 19.1. The zero-order valence-corrected chi connectivity index (χ0v) is 15.3. The van der Waals surface area contributed by atoms with Crippen LogP contribution in [0.4, 0.5) is 11.4 Å². The van der Waals surface area contributed by atoms with Crippen molar-refractivity contribution in [2.75, 3.05) is 10.6 Å². The second kappa shape index (κ2) is 9.01. The molecule has 0 fully saturated rings. The average molecular weight is 374 g/mol. The van der Waals surface area contributed by atoms with E-state index in [1.54, 1.807) is 62.4 Å². The van der Waals surface area contributed by atoms with Gasteiger partial charge in [0, 0.05) is 17.8 Å². The Balaban J connectivity index is 1.99. The fraction of sp³-hybridized carbons (Fsp3) is 0.211. The van der Waals surface area contributed by atoms with Gasteiger partial charge in [-0.2, -0.15) is 0 Å². The predicted molar refractivity (Wildman–Crippen MR) is 102 cm³/mol. The fourth-order valence-corrected chi connectivity index (χ4v) is 2.38. The van der Waals surface area contributed by atoms with E-state index in [9.17, 15) is 14.4 Å². The lowest BCUT2D eigenvalue weighted by Gasteiger charge is -2.15. The van der Waals surface area contributed by atoms with Crippen LogP contribution in [0.5, 0.6) is 0 Å². The van der Waals surface area contributed by atoms with Crippen LogP contribution in [0.25, 0.3) is 0 Å². The molecule has 0 bridgehead atoms. The maximum atomic E-state index is 12.3. The standard InChI is InChI=1S/C19H20ClN3O3/c1-3-17(24)22-13-7-6-8-14(11-13)23-18(25)12(2)21-19(26)15-9-4-5-10-16(15)20/h4-12H,3H2,1-2H3,(H,21,26)(H,22,24)(H,23,25). The van der Waals surface area contributed by atoms with Crippen LogP contribution >= 0.6 is 11.6 Å². The first-order valence-electron chi connectivity index (χ1n) is 8.17. The second-order valence-electron chi connectivity index (χ2n) is 5.65. The molecule has 6 nitrogen and oxygen atoms in total. The summed E-state index contributed by atoms with van der Waals surface area (Å²) in [5, 5.41) is 8.35. The van der Waals surface area contributed by atoms with Gasteiger partial charge in [0.25, 0.3) is 5.91 Å². The van der Waals surface area contributed by atoms with Crippen molar-refractivity contribution in [1.82, 2.24) is 5.32 Å². The van der Waals surface area contributed by atoms with Crippen molar-refractivity contribution >= 4 is 40.7 Å². The van der Waals surface area contributed by atoms with Crippen LogP contribution in [-0.4, -0.2) is 23.8 Å². The smallest absolute Gasteiger partial charge is 0.253 e. The van der Waals surface area contributed by atoms with Crippen LogP contribution in [0, 0.1) is 0 Å². The number of nitrogens with one attached hydrogen (secondary N) is 3. The molecule has 26 heavy (non-hydrogen) atoms. The van der Waals surface area contributed by atoms with Crippen molar-refractivity contribution in [1.29, 1.82) is 0 Å². The molecule has 3 amide bonds. The van der Waals surface area contributed by atoms with Gasteiger partial charge in [0.1, 0.15) is 6.04 Å². The first-order valence-corrected chi connectivity index (χ1v) is 8.54. The van der Waals surface area contributed by atoms with Crippen molar-refractivity contribution in [3.05, 3.63) is 59.1 Å². The Labute approximate surface area is 156 Å². The zero-order valence-electron chi connectivity index (χ0n) is 14.5. The number of hydrogen-bond donors (Lipinski definition) is 3. The topological polar surface area (TPSA) is 87.3 Å². The summed E-state index contributed by atoms with van der Waals surface area (Å²) in [4.78, 5) is 36.0. The van der Waals surface area contributed by atoms with E-state index < -0.39 is 11.9 Å². The van der Waals surface area contributed by atoms with Crippen molar-refractivity contribution in [2.45, 2.75) is 26.3 Å². The van der Waals surface area contributed by atoms with E-state index >= 15 is 0 Å². The van der Waals surface area contributed by atoms with Gasteiger partial charge in [-0.05, 0) is 37.3 Å². The number of halogens is 1. The van der Waals surface area contributed by atoms with Crippen LogP contribution < -0.4 is 16.0 Å². The quantitative estimate of drug-likeness (QED) is 0.724. The van der Waals surface area contributed by atoms with E-state index in [-0.39, 0.29) is 11.8 Å². The Morgan fingerprint density at radius 1 is 1.00 bits per heavy atom. The maximum absolute atomic E-state index is 12.3. The number of benzene rings is 2. The van der Waals surface area contributed by atoms with Crippen LogP contribution in [0.15, 0.2) is 48.5 Å². The summed E-state index contributed by atoms with van der Waals surface area (Å²) < 4.78 is 0. The van der Waals surface area contributed by atoms with Gasteiger partial charge in [-0.15, -0.1) is 0 Å². The summed E-state index contributed by atoms with van der Waals surface area (Å²) in [5.41, 5.74) is 1.41. The summed E-state index contributed by atoms with van der Waals surface area (Å²) in [6, 6.07) is 12.6. The van der Waals surface area contributed by atoms with Crippen LogP contribution in [0.2, 0.25) is 5.02 Å². The minimum atomic E-state index is -0.771. The highest BCUT2D eigenvalue weighted by molar-refractivity contribution is 6.33. The van der Waals surface area contributed by atoms with Gasteiger partial charge < -0.3 is 16.0 Å². The van der Waals surface area contributed by atoms with Gasteiger partial charge in [-0.25, -0.2) is 0 Å². The molecule has 2 aromatic carbocycles. The van der Waals surface area contributed by atoms with Gasteiger partial charge in [0.05, 0.1) is 10.6 Å². The highest BCUT2D eigenvalue weighted by Crippen LogP contribution is 2.17. The SMILES string of the molecule is CCC(=O)Nc1cccc(NC(=O)C(C)NC(=O)c2ccccc2Cl)c1. The van der Waals surface area contributed by atoms with Gasteiger partial charge in [-0.3, -0.25) is 14.4 Å². The van der Waals surface area contributed by atoms with Crippen molar-refractivity contribution in [3.63, 3.8) is 0 Å². The Morgan fingerprint density at radius 3 is 2.31 bits per heavy atom. The van der Waals surface area contributed by atoms with Crippen LogP contribution in [-0.2, 0) is 9.59 Å². The summed E-state index contributed by atoms with van der Waals surface area (Å²) in [6.07, 6.45) is 0.363. The molecule has 0 aliphatic rings. The highest BCUT2D eigenvalue weighted by Gasteiger charge is 2.18. The lowest BCUT2D eigenvalue weighted by molar-refractivity contribution is -0.117. The molecule has 3 N–H and O–H groups in total. The predicted octanol–water partition coefficient (Wildman–Crippen LogP) is 3.45. The van der Waals surface area contributed by atoms with Crippen LogP contribution in [0.3, 0.4) is 0 Å². The minimum Gasteiger partial charge on any atom is -0.340 e. The molecule has 1 unspecified atom stereocenters. The Hall–Kier alpha value is -2.86. The summed E-state index contributed by atoms with van der Waals surface area (Å²) in [7, 11) is 0. The van der Waals surface area contributed by atoms with Crippen LogP contribution in [0.1, 0.15) is 30.6 Å². The molecule has 0 saturated heterocycles. The lowest BCUT2D eigenvalue weighted by atomic mass is 10.2.